The summed E-state index contributed by atoms with van der Waals surface area (Å²) in [7, 11) is 0. The molecule has 67 heavy (non-hydrogen) atoms. The maximum atomic E-state index is 9.72. The molecule has 11 rings (SSSR count). The smallest absolute Gasteiger partial charge is 0.137 e. The van der Waals surface area contributed by atoms with Crippen molar-refractivity contribution < 1.29 is 25.3 Å². The summed E-state index contributed by atoms with van der Waals surface area (Å²) < 4.78 is 143. The van der Waals surface area contributed by atoms with Gasteiger partial charge >= 0.3 is 0 Å². The number of rotatable bonds is 8. The van der Waals surface area contributed by atoms with Crippen LogP contribution in [0.3, 0.4) is 0 Å². The first-order valence-electron chi connectivity index (χ1n) is 29.6. The molecule has 0 saturated heterocycles. The van der Waals surface area contributed by atoms with E-state index in [0.717, 1.165) is 33.6 Å². The first-order valence-corrected chi connectivity index (χ1v) is 22.1. The van der Waals surface area contributed by atoms with Gasteiger partial charge in [-0.2, -0.15) is 0 Å². The lowest BCUT2D eigenvalue weighted by Crippen LogP contribution is -2.25. The van der Waals surface area contributed by atoms with E-state index in [9.17, 15) is 6.85 Å². The predicted octanol–water partition coefficient (Wildman–Crippen LogP) is 16.8. The van der Waals surface area contributed by atoms with Gasteiger partial charge in [0.25, 0.3) is 0 Å². The van der Waals surface area contributed by atoms with Crippen LogP contribution in [0.15, 0.2) is 206 Å². The highest BCUT2D eigenvalue weighted by atomic mass is 16.5. The normalized spacial score (nSPS) is 15.9. The van der Waals surface area contributed by atoms with Gasteiger partial charge in [0.1, 0.15) is 24.0 Å². The third-order valence-corrected chi connectivity index (χ3v) is 12.2. The minimum Gasteiger partial charge on any atom is -0.457 e. The van der Waals surface area contributed by atoms with Crippen molar-refractivity contribution in [3.63, 3.8) is 0 Å². The lowest BCUT2D eigenvalue weighted by molar-refractivity contribution is 0.483. The van der Waals surface area contributed by atoms with Crippen LogP contribution in [0.2, 0.25) is 0 Å². The number of fused-ring (bicyclic) bond motifs is 4. The third kappa shape index (κ3) is 7.80. The maximum Gasteiger partial charge on any atom is 0.137 e. The van der Waals surface area contributed by atoms with Crippen LogP contribution < -0.4 is 14.5 Å². The number of benzene rings is 8. The number of hydrogen-bond acceptors (Lipinski definition) is 4. The molecule has 10 aromatic rings. The van der Waals surface area contributed by atoms with E-state index < -0.39 is 83.6 Å². The van der Waals surface area contributed by atoms with Crippen LogP contribution in [0.1, 0.15) is 73.2 Å². The Bertz CT molecular complexity index is 4300. The quantitative estimate of drug-likeness (QED) is 0.152. The van der Waals surface area contributed by atoms with Crippen LogP contribution >= 0.6 is 0 Å². The van der Waals surface area contributed by atoms with Crippen molar-refractivity contribution in [3.8, 4) is 50.7 Å². The summed E-state index contributed by atoms with van der Waals surface area (Å²) >= 11 is 0. The molecule has 0 amide bonds. The fourth-order valence-electron chi connectivity index (χ4n) is 8.73. The summed E-state index contributed by atoms with van der Waals surface area (Å²) in [6, 6.07) is 26.2. The number of nitrogens with zero attached hydrogens (tertiary/aromatic N) is 4. The van der Waals surface area contributed by atoms with Gasteiger partial charge < -0.3 is 14.5 Å². The molecule has 0 aliphatic carbocycles. The van der Waals surface area contributed by atoms with Crippen molar-refractivity contribution in [2.75, 3.05) is 16.5 Å². The van der Waals surface area contributed by atoms with E-state index in [0.29, 0.717) is 16.9 Å². The molecular weight excluding hydrogens is 817 g/mol. The van der Waals surface area contributed by atoms with E-state index in [1.165, 1.54) is 6.07 Å². The van der Waals surface area contributed by atoms with E-state index in [1.54, 1.807) is 35.0 Å². The second kappa shape index (κ2) is 16.5. The summed E-state index contributed by atoms with van der Waals surface area (Å²) in [5, 5.41) is -0.0263. The molecule has 0 spiro atoms. The highest BCUT2D eigenvalue weighted by Crippen LogP contribution is 2.51. The summed E-state index contributed by atoms with van der Waals surface area (Å²) in [6.45, 7) is 12.6. The van der Waals surface area contributed by atoms with Crippen molar-refractivity contribution in [2.45, 2.75) is 52.4 Å². The number of pyridine rings is 1. The molecule has 0 N–H and O–H groups in total. The zero-order valence-electron chi connectivity index (χ0n) is 52.9. The zero-order valence-corrected chi connectivity index (χ0v) is 37.9. The molecule has 0 bridgehead atoms. The number of aromatic nitrogens is 2. The molecule has 3 heterocycles. The van der Waals surface area contributed by atoms with Crippen molar-refractivity contribution in [3.05, 3.63) is 217 Å². The van der Waals surface area contributed by atoms with Gasteiger partial charge in [0.15, 0.2) is 0 Å². The minimum absolute atomic E-state index is 0.0119. The van der Waals surface area contributed by atoms with Crippen LogP contribution in [0.5, 0.6) is 11.5 Å². The minimum atomic E-state index is -0.678. The second-order valence-corrected chi connectivity index (χ2v) is 18.6. The molecule has 0 atom stereocenters. The highest BCUT2D eigenvalue weighted by molar-refractivity contribution is 6.11. The molecule has 0 radical (unpaired) electrons. The summed E-state index contributed by atoms with van der Waals surface area (Å²) in [6.07, 6.45) is 1.60. The van der Waals surface area contributed by atoms with E-state index in [1.807, 2.05) is 87.5 Å². The molecule has 0 unspecified atom stereocenters. The van der Waals surface area contributed by atoms with E-state index in [4.69, 9.17) is 23.4 Å². The van der Waals surface area contributed by atoms with Gasteiger partial charge in [-0.1, -0.05) is 169 Å². The Labute approximate surface area is 415 Å². The summed E-state index contributed by atoms with van der Waals surface area (Å²) in [4.78, 5) is 8.84. The Morgan fingerprint density at radius 1 is 0.507 bits per heavy atom. The second-order valence-electron chi connectivity index (χ2n) is 18.6. The SMILES string of the molecule is [2H]c1c([2H])c([2H])c(-c2cccc(-c3cccc(C(C)(C)C)c3)c2N2CN(c3cccc(Oc4cc5c(c([2H])c4[2H])c4c([2H])c(-c6c([2H])c([2H])c([2H])c([2H])c6[2H])c([2H])c([2H])c4n5-c4cc(C(C)(C)C)ccn4)c3)c3ccccc32)c([2H])c1[2H]. The van der Waals surface area contributed by atoms with Gasteiger partial charge in [-0.05, 0) is 105 Å². The van der Waals surface area contributed by atoms with E-state index in [-0.39, 0.29) is 80.3 Å². The molecule has 2 aromatic heterocycles. The Kier molecular flexibility index (Phi) is 6.96. The largest absolute Gasteiger partial charge is 0.457 e. The summed E-state index contributed by atoms with van der Waals surface area (Å²) in [5.74, 6) is 0.476. The van der Waals surface area contributed by atoms with Crippen molar-refractivity contribution >= 4 is 44.6 Å². The van der Waals surface area contributed by atoms with Gasteiger partial charge in [-0.15, -0.1) is 0 Å². The van der Waals surface area contributed by atoms with E-state index >= 15 is 0 Å². The molecule has 0 fully saturated rings. The molecule has 0 saturated carbocycles. The Morgan fingerprint density at radius 3 is 1.93 bits per heavy atom. The van der Waals surface area contributed by atoms with Gasteiger partial charge in [-0.3, -0.25) is 4.57 Å². The molecule has 5 heteroatoms. The maximum absolute atomic E-state index is 9.72. The zero-order chi connectivity index (χ0) is 58.9. The van der Waals surface area contributed by atoms with Crippen LogP contribution in [0.25, 0.3) is 61.0 Å². The average molecular weight is 886 g/mol. The monoisotopic (exact) mass is 886 g/mol. The lowest BCUT2D eigenvalue weighted by Gasteiger charge is -2.28. The number of hydrogen-bond donors (Lipinski definition) is 0. The van der Waals surface area contributed by atoms with Crippen LogP contribution in [0, 0.1) is 0 Å². The van der Waals surface area contributed by atoms with Crippen molar-refractivity contribution in [1.29, 1.82) is 0 Å². The van der Waals surface area contributed by atoms with Crippen LogP contribution in [-0.2, 0) is 10.8 Å². The Balaban J connectivity index is 1.08. The molecule has 5 nitrogen and oxygen atoms in total. The molecular formula is C62H54N4O. The predicted molar refractivity (Wildman–Crippen MR) is 281 cm³/mol. The van der Waals surface area contributed by atoms with Crippen LogP contribution in [-0.4, -0.2) is 16.2 Å². The average Bonchev–Trinajstić information content (AvgIpc) is 2.40. The summed E-state index contributed by atoms with van der Waals surface area (Å²) in [5.41, 5.74) is 5.66. The first kappa shape index (κ1) is 28.2. The van der Waals surface area contributed by atoms with E-state index in [2.05, 4.69) is 42.7 Å². The standard InChI is InChI=1S/C62H54N4O/c1-61(2,3)46-23-15-22-45(36-46)52-27-17-26-51(43-20-11-8-12-21-43)60(52)65-41-64(56-28-13-14-29-57(56)65)48-24-16-25-49(39-48)67-50-31-32-53-54-37-44(42-18-9-7-10-19-42)30-33-55(54)66(58(53)40-50)59-38-47(34-35-63-59)62(4,5)6/h7-40H,41H2,1-6H3/i7D,8D,9D,10D,11D,12D,18D,19D,20D,21D,30D,31D,32D,33D,37D. The van der Waals surface area contributed by atoms with Gasteiger partial charge in [0.2, 0.25) is 0 Å². The topological polar surface area (TPSA) is 33.5 Å². The number of anilines is 4. The highest BCUT2D eigenvalue weighted by Gasteiger charge is 2.32. The number of para-hydroxylation sites is 3. The molecule has 1 aliphatic rings. The van der Waals surface area contributed by atoms with Gasteiger partial charge in [0, 0.05) is 45.9 Å². The van der Waals surface area contributed by atoms with Gasteiger partial charge in [-0.25, -0.2) is 4.98 Å². The molecule has 1 aliphatic heterocycles. The lowest BCUT2D eigenvalue weighted by atomic mass is 9.85. The third-order valence-electron chi connectivity index (χ3n) is 12.2. The fraction of sp³-hybridized carbons (Fsp3) is 0.145. The van der Waals surface area contributed by atoms with Crippen molar-refractivity contribution in [1.82, 2.24) is 9.55 Å². The Morgan fingerprint density at radius 2 is 1.18 bits per heavy atom. The first-order chi connectivity index (χ1) is 38.7. The van der Waals surface area contributed by atoms with Crippen molar-refractivity contribution in [2.24, 2.45) is 0 Å². The van der Waals surface area contributed by atoms with Crippen LogP contribution in [0.4, 0.5) is 22.7 Å². The van der Waals surface area contributed by atoms with Gasteiger partial charge in [0.05, 0.1) is 48.7 Å². The fourth-order valence-corrected chi connectivity index (χ4v) is 8.73. The molecule has 8 aromatic carbocycles. The Hall–Kier alpha value is -7.89. The molecule has 328 valence electrons. The number of ether oxygens (including phenoxy) is 1.